The van der Waals surface area contributed by atoms with Crippen LogP contribution in [0.2, 0.25) is 0 Å². The van der Waals surface area contributed by atoms with Gasteiger partial charge < -0.3 is 10.2 Å². The second kappa shape index (κ2) is 9.24. The van der Waals surface area contributed by atoms with Crippen LogP contribution in [0, 0.1) is 18.7 Å². The van der Waals surface area contributed by atoms with Crippen molar-refractivity contribution >= 4 is 17.2 Å². The lowest BCUT2D eigenvalue weighted by molar-refractivity contribution is 0.0928. The molecule has 1 aromatic carbocycles. The van der Waals surface area contributed by atoms with E-state index in [1.807, 2.05) is 21.0 Å². The van der Waals surface area contributed by atoms with Gasteiger partial charge in [-0.1, -0.05) is 26.0 Å². The summed E-state index contributed by atoms with van der Waals surface area (Å²) < 4.78 is 13.0. The average Bonchev–Trinajstić information content (AvgIpc) is 2.89. The number of likely N-dealkylation sites (N-methyl/N-ethyl adjacent to an activating group) is 1. The Morgan fingerprint density at radius 2 is 1.92 bits per heavy atom. The van der Waals surface area contributed by atoms with Gasteiger partial charge in [-0.25, -0.2) is 9.37 Å². The van der Waals surface area contributed by atoms with E-state index in [2.05, 4.69) is 29.0 Å². The number of thiazole rings is 1. The average molecular weight is 378 g/mol. The van der Waals surface area contributed by atoms with Crippen molar-refractivity contribution in [2.75, 3.05) is 20.6 Å². The quantitative estimate of drug-likeness (QED) is 0.759. The van der Waals surface area contributed by atoms with E-state index in [1.54, 1.807) is 12.1 Å². The maximum Gasteiger partial charge on any atom is 0.263 e. The third-order valence-electron chi connectivity index (χ3n) is 3.99. The van der Waals surface area contributed by atoms with Crippen molar-refractivity contribution in [2.45, 2.75) is 39.7 Å². The van der Waals surface area contributed by atoms with Gasteiger partial charge in [0, 0.05) is 19.0 Å². The molecule has 0 radical (unpaired) electrons. The van der Waals surface area contributed by atoms with Crippen LogP contribution >= 0.6 is 11.3 Å². The molecule has 0 saturated heterocycles. The van der Waals surface area contributed by atoms with Gasteiger partial charge >= 0.3 is 0 Å². The maximum atomic E-state index is 13.0. The van der Waals surface area contributed by atoms with E-state index >= 15 is 0 Å². The van der Waals surface area contributed by atoms with Crippen LogP contribution in [0.15, 0.2) is 24.3 Å². The van der Waals surface area contributed by atoms with Crippen LogP contribution in [0.3, 0.4) is 0 Å². The van der Waals surface area contributed by atoms with E-state index in [0.717, 1.165) is 29.2 Å². The summed E-state index contributed by atoms with van der Waals surface area (Å²) in [6.45, 7) is 6.99. The second-order valence-electron chi connectivity index (χ2n) is 7.39. The molecule has 26 heavy (non-hydrogen) atoms. The van der Waals surface area contributed by atoms with Crippen molar-refractivity contribution < 1.29 is 9.18 Å². The lowest BCUT2D eigenvalue weighted by Gasteiger charge is -2.23. The lowest BCUT2D eigenvalue weighted by Crippen LogP contribution is -2.42. The molecule has 2 aromatic rings. The van der Waals surface area contributed by atoms with Gasteiger partial charge in [-0.2, -0.15) is 0 Å². The van der Waals surface area contributed by atoms with Crippen molar-refractivity contribution in [3.63, 3.8) is 0 Å². The van der Waals surface area contributed by atoms with E-state index in [1.165, 1.54) is 23.5 Å². The summed E-state index contributed by atoms with van der Waals surface area (Å²) in [5.74, 6) is 0.205. The summed E-state index contributed by atoms with van der Waals surface area (Å²) in [6.07, 6.45) is 1.54. The Kier molecular flexibility index (Phi) is 7.29. The molecular weight excluding hydrogens is 349 g/mol. The molecule has 4 nitrogen and oxygen atoms in total. The highest BCUT2D eigenvalue weighted by Crippen LogP contribution is 2.21. The van der Waals surface area contributed by atoms with E-state index in [0.29, 0.717) is 17.2 Å². The molecule has 0 saturated carbocycles. The summed E-state index contributed by atoms with van der Waals surface area (Å²) in [5, 5.41) is 4.03. The van der Waals surface area contributed by atoms with Gasteiger partial charge in [-0.15, -0.1) is 11.3 Å². The zero-order valence-electron chi connectivity index (χ0n) is 16.2. The summed E-state index contributed by atoms with van der Waals surface area (Å²) in [7, 11) is 4.02. The first-order chi connectivity index (χ1) is 12.2. The summed E-state index contributed by atoms with van der Waals surface area (Å²) in [4.78, 5) is 20.0. The van der Waals surface area contributed by atoms with E-state index in [-0.39, 0.29) is 17.8 Å². The highest BCUT2D eigenvalue weighted by molar-refractivity contribution is 7.13. The Labute approximate surface area is 159 Å². The van der Waals surface area contributed by atoms with Gasteiger partial charge in [0.25, 0.3) is 5.91 Å². The molecular formula is C20H28FN3OS. The first-order valence-corrected chi connectivity index (χ1v) is 9.72. The zero-order chi connectivity index (χ0) is 19.3. The molecule has 2 rings (SSSR count). The Balaban J connectivity index is 2.08. The van der Waals surface area contributed by atoms with Crippen molar-refractivity contribution in [1.82, 2.24) is 15.2 Å². The van der Waals surface area contributed by atoms with E-state index < -0.39 is 0 Å². The molecule has 1 aromatic heterocycles. The van der Waals surface area contributed by atoms with Gasteiger partial charge in [0.2, 0.25) is 0 Å². The number of aryl methyl sites for hydroxylation is 1. The largest absolute Gasteiger partial charge is 0.347 e. The van der Waals surface area contributed by atoms with E-state index in [9.17, 15) is 9.18 Å². The fraction of sp³-hybridized carbons (Fsp3) is 0.500. The fourth-order valence-electron chi connectivity index (χ4n) is 2.96. The van der Waals surface area contributed by atoms with Gasteiger partial charge in [0.15, 0.2) is 0 Å². The number of amides is 1. The number of hydrogen-bond acceptors (Lipinski definition) is 4. The van der Waals surface area contributed by atoms with Gasteiger partial charge in [-0.05, 0) is 51.1 Å². The SMILES string of the molecule is Cc1nc(Cc2ccc(F)cc2)sc1C(=O)NC(CC(C)C)CN(C)C. The minimum absolute atomic E-state index is 0.0575. The number of carbonyl (C=O) groups excluding carboxylic acids is 1. The highest BCUT2D eigenvalue weighted by atomic mass is 32.1. The molecule has 0 bridgehead atoms. The third-order valence-corrected chi connectivity index (χ3v) is 5.15. The predicted molar refractivity (Wildman–Crippen MR) is 105 cm³/mol. The first kappa shape index (κ1) is 20.5. The highest BCUT2D eigenvalue weighted by Gasteiger charge is 2.20. The molecule has 0 aliphatic carbocycles. The fourth-order valence-corrected chi connectivity index (χ4v) is 3.96. The van der Waals surface area contributed by atoms with Gasteiger partial charge in [-0.3, -0.25) is 4.79 Å². The van der Waals surface area contributed by atoms with Crippen molar-refractivity contribution in [3.8, 4) is 0 Å². The van der Waals surface area contributed by atoms with Crippen LogP contribution in [0.4, 0.5) is 4.39 Å². The van der Waals surface area contributed by atoms with Gasteiger partial charge in [0.05, 0.1) is 10.7 Å². The molecule has 1 heterocycles. The third kappa shape index (κ3) is 6.18. The lowest BCUT2D eigenvalue weighted by atomic mass is 10.0. The van der Waals surface area contributed by atoms with Gasteiger partial charge in [0.1, 0.15) is 10.7 Å². The molecule has 1 N–H and O–H groups in total. The number of halogens is 1. The van der Waals surface area contributed by atoms with Crippen molar-refractivity contribution in [2.24, 2.45) is 5.92 Å². The van der Waals surface area contributed by atoms with Crippen LogP contribution in [0.5, 0.6) is 0 Å². The Bertz CT molecular complexity index is 715. The standard InChI is InChI=1S/C20H28FN3OS/c1-13(2)10-17(12-24(4)5)23-20(25)19-14(3)22-18(26-19)11-15-6-8-16(21)9-7-15/h6-9,13,17H,10-12H2,1-5H3,(H,23,25). The van der Waals surface area contributed by atoms with Crippen LogP contribution < -0.4 is 5.32 Å². The number of benzene rings is 1. The van der Waals surface area contributed by atoms with Crippen LogP contribution in [0.25, 0.3) is 0 Å². The van der Waals surface area contributed by atoms with Crippen LogP contribution in [-0.2, 0) is 6.42 Å². The van der Waals surface area contributed by atoms with Crippen molar-refractivity contribution in [1.29, 1.82) is 0 Å². The normalized spacial score (nSPS) is 12.6. The summed E-state index contributed by atoms with van der Waals surface area (Å²) >= 11 is 1.42. The summed E-state index contributed by atoms with van der Waals surface area (Å²) in [5.41, 5.74) is 1.73. The molecule has 0 aliphatic heterocycles. The molecule has 142 valence electrons. The number of hydrogen-bond donors (Lipinski definition) is 1. The molecule has 1 amide bonds. The minimum atomic E-state index is -0.249. The second-order valence-corrected chi connectivity index (χ2v) is 8.47. The Morgan fingerprint density at radius 3 is 2.50 bits per heavy atom. The molecule has 1 unspecified atom stereocenters. The number of aromatic nitrogens is 1. The topological polar surface area (TPSA) is 45.2 Å². The smallest absolute Gasteiger partial charge is 0.263 e. The first-order valence-electron chi connectivity index (χ1n) is 8.91. The molecule has 1 atom stereocenters. The number of carbonyl (C=O) groups is 1. The predicted octanol–water partition coefficient (Wildman–Crippen LogP) is 3.89. The van der Waals surface area contributed by atoms with Crippen molar-refractivity contribution in [3.05, 3.63) is 51.2 Å². The molecule has 0 spiro atoms. The molecule has 0 fully saturated rings. The number of rotatable bonds is 8. The summed E-state index contributed by atoms with van der Waals surface area (Å²) in [6, 6.07) is 6.51. The maximum absolute atomic E-state index is 13.0. The Hall–Kier alpha value is -1.79. The minimum Gasteiger partial charge on any atom is -0.347 e. The molecule has 6 heteroatoms. The molecule has 0 aliphatic rings. The Morgan fingerprint density at radius 1 is 1.27 bits per heavy atom. The zero-order valence-corrected chi connectivity index (χ0v) is 17.0. The van der Waals surface area contributed by atoms with Crippen LogP contribution in [0.1, 0.15) is 46.2 Å². The monoisotopic (exact) mass is 377 g/mol. The number of nitrogens with zero attached hydrogens (tertiary/aromatic N) is 2. The van der Waals surface area contributed by atoms with Crippen LogP contribution in [-0.4, -0.2) is 42.5 Å². The van der Waals surface area contributed by atoms with E-state index in [4.69, 9.17) is 0 Å². The number of nitrogens with one attached hydrogen (secondary N) is 1.